The summed E-state index contributed by atoms with van der Waals surface area (Å²) in [5.74, 6) is -2.18. The molecule has 0 heterocycles. The summed E-state index contributed by atoms with van der Waals surface area (Å²) < 4.78 is 25.4. The van der Waals surface area contributed by atoms with Crippen LogP contribution in [0.2, 0.25) is 0 Å². The summed E-state index contributed by atoms with van der Waals surface area (Å²) in [4.78, 5) is 21.5. The number of hydrogen-bond acceptors (Lipinski definition) is 2. The van der Waals surface area contributed by atoms with Crippen LogP contribution in [-0.2, 0) is 10.8 Å². The third kappa shape index (κ3) is 8.40. The van der Waals surface area contributed by atoms with Gasteiger partial charge in [-0.3, -0.25) is 0 Å². The van der Waals surface area contributed by atoms with Crippen LogP contribution < -0.4 is 0 Å². The highest BCUT2D eigenvalue weighted by Gasteiger charge is 2.22. The van der Waals surface area contributed by atoms with Gasteiger partial charge >= 0.3 is 11.9 Å². The molecular formula is C26H38F2O4. The second-order valence-electron chi connectivity index (χ2n) is 9.24. The Hall–Kier alpha value is -2.76. The zero-order valence-electron chi connectivity index (χ0n) is 18.5. The summed E-state index contributed by atoms with van der Waals surface area (Å²) in [6, 6.07) is 9.60. The van der Waals surface area contributed by atoms with Crippen molar-refractivity contribution >= 4 is 11.9 Å². The molecule has 180 valence electrons. The lowest BCUT2D eigenvalue weighted by molar-refractivity contribution is 0.0678. The minimum atomic E-state index is -2.77. The van der Waals surface area contributed by atoms with Crippen molar-refractivity contribution in [3.8, 4) is 0 Å². The summed E-state index contributed by atoms with van der Waals surface area (Å²) in [5.41, 5.74) is 2.13. The molecule has 4 nitrogen and oxygen atoms in total. The van der Waals surface area contributed by atoms with Crippen molar-refractivity contribution in [2.75, 3.05) is 0 Å². The number of carboxylic acids is 2. The molecule has 0 aliphatic carbocycles. The number of aromatic carboxylic acids is 2. The minimum Gasteiger partial charge on any atom is -0.478 e. The van der Waals surface area contributed by atoms with Gasteiger partial charge in [-0.05, 0) is 52.6 Å². The summed E-state index contributed by atoms with van der Waals surface area (Å²) in [7, 11) is 0. The van der Waals surface area contributed by atoms with Crippen LogP contribution in [0.4, 0.5) is 8.78 Å². The van der Waals surface area contributed by atoms with Crippen molar-refractivity contribution in [2.24, 2.45) is 0 Å². The average Bonchev–Trinajstić information content (AvgIpc) is 2.59. The van der Waals surface area contributed by atoms with E-state index < -0.39 is 23.9 Å². The Morgan fingerprint density at radius 2 is 1.12 bits per heavy atom. The van der Waals surface area contributed by atoms with Crippen molar-refractivity contribution in [1.82, 2.24) is 0 Å². The molecule has 0 aliphatic rings. The topological polar surface area (TPSA) is 74.6 Å². The van der Waals surface area contributed by atoms with E-state index in [1.807, 2.05) is 39.8 Å². The molecule has 0 aromatic heterocycles. The monoisotopic (exact) mass is 452 g/mol. The summed E-state index contributed by atoms with van der Waals surface area (Å²) in [6.45, 7) is 13.8. The first-order valence-electron chi connectivity index (χ1n) is 9.56. The second kappa shape index (κ2) is 11.7. The molecule has 6 heteroatoms. The van der Waals surface area contributed by atoms with Crippen molar-refractivity contribution in [2.45, 2.75) is 80.6 Å². The first-order chi connectivity index (χ1) is 13.6. The maximum Gasteiger partial charge on any atom is 0.336 e. The molecule has 2 N–H and O–H groups in total. The Bertz CT molecular complexity index is 920. The molecule has 0 unspecified atom stereocenters. The van der Waals surface area contributed by atoms with Crippen molar-refractivity contribution in [3.63, 3.8) is 0 Å². The van der Waals surface area contributed by atoms with E-state index >= 15 is 0 Å². The van der Waals surface area contributed by atoms with Gasteiger partial charge in [-0.15, -0.1) is 0 Å². The van der Waals surface area contributed by atoms with E-state index in [1.165, 1.54) is 17.7 Å². The maximum absolute atomic E-state index is 12.7. The Kier molecular flexibility index (Phi) is 11.5. The smallest absolute Gasteiger partial charge is 0.336 e. The molecule has 0 saturated heterocycles. The van der Waals surface area contributed by atoms with Crippen molar-refractivity contribution < 1.29 is 28.6 Å². The first-order valence-corrected chi connectivity index (χ1v) is 9.56. The number of benzene rings is 2. The van der Waals surface area contributed by atoms with E-state index in [4.69, 9.17) is 10.2 Å². The van der Waals surface area contributed by atoms with Gasteiger partial charge in [-0.25, -0.2) is 18.4 Å². The fraction of sp³-hybridized carbons (Fsp3) is 0.462. The van der Waals surface area contributed by atoms with Crippen LogP contribution in [0.25, 0.3) is 0 Å². The third-order valence-electron chi connectivity index (χ3n) is 4.71. The molecule has 0 radical (unpaired) electrons. The SMILES string of the molecule is C.C.CC(C)(C)c1ccc(C(=O)O)c(C(F)F)c1.Cc1cc(C(C)(C)C)ccc1C(=O)O. The van der Waals surface area contributed by atoms with E-state index in [9.17, 15) is 18.4 Å². The standard InChI is InChI=1S/C12H14F2O2.C12H16O2.2CH4/c1-12(2,3)7-4-5-8(11(15)16)9(6-7)10(13)14;1-8-7-9(12(2,3)4)5-6-10(8)11(13)14;;/h4-6,10H,1-3H3,(H,15,16);5-7H,1-4H3,(H,13,14);2*1H4. The van der Waals surface area contributed by atoms with Gasteiger partial charge in [0.05, 0.1) is 11.1 Å². The Morgan fingerprint density at radius 3 is 1.44 bits per heavy atom. The summed E-state index contributed by atoms with van der Waals surface area (Å²) in [5, 5.41) is 17.6. The third-order valence-corrected chi connectivity index (χ3v) is 4.71. The fourth-order valence-electron chi connectivity index (χ4n) is 2.77. The van der Waals surface area contributed by atoms with Gasteiger partial charge in [0.15, 0.2) is 0 Å². The quantitative estimate of drug-likeness (QED) is 0.496. The highest BCUT2D eigenvalue weighted by atomic mass is 19.3. The molecule has 0 fully saturated rings. The maximum atomic E-state index is 12.7. The largest absolute Gasteiger partial charge is 0.478 e. The lowest BCUT2D eigenvalue weighted by Gasteiger charge is -2.20. The molecule has 32 heavy (non-hydrogen) atoms. The molecule has 0 bridgehead atoms. The summed E-state index contributed by atoms with van der Waals surface area (Å²) >= 11 is 0. The van der Waals surface area contributed by atoms with Crippen molar-refractivity contribution in [1.29, 1.82) is 0 Å². The van der Waals surface area contributed by atoms with Gasteiger partial charge < -0.3 is 10.2 Å². The minimum absolute atomic E-state index is 0. The Morgan fingerprint density at radius 1 is 0.750 bits per heavy atom. The average molecular weight is 453 g/mol. The lowest BCUT2D eigenvalue weighted by atomic mass is 9.85. The molecule has 0 saturated carbocycles. The van der Waals surface area contributed by atoms with E-state index in [0.29, 0.717) is 11.1 Å². The van der Waals surface area contributed by atoms with Gasteiger partial charge in [-0.1, -0.05) is 74.6 Å². The van der Waals surface area contributed by atoms with Crippen molar-refractivity contribution in [3.05, 3.63) is 69.8 Å². The van der Waals surface area contributed by atoms with Crippen LogP contribution in [0.5, 0.6) is 0 Å². The van der Waals surface area contributed by atoms with E-state index in [0.717, 1.165) is 5.56 Å². The normalized spacial score (nSPS) is 10.9. The van der Waals surface area contributed by atoms with Gasteiger partial charge in [0.1, 0.15) is 0 Å². The number of halogens is 2. The van der Waals surface area contributed by atoms with Gasteiger partial charge in [0.25, 0.3) is 6.43 Å². The lowest BCUT2D eigenvalue weighted by Crippen LogP contribution is -2.13. The Balaban J connectivity index is 0. The fourth-order valence-corrected chi connectivity index (χ4v) is 2.77. The zero-order chi connectivity index (χ0) is 23.4. The zero-order valence-corrected chi connectivity index (χ0v) is 18.5. The molecular weight excluding hydrogens is 414 g/mol. The molecule has 2 rings (SSSR count). The number of aryl methyl sites for hydroxylation is 1. The van der Waals surface area contributed by atoms with E-state index in [2.05, 4.69) is 20.8 Å². The van der Waals surface area contributed by atoms with Crippen LogP contribution in [0.3, 0.4) is 0 Å². The van der Waals surface area contributed by atoms with Crippen LogP contribution in [0.15, 0.2) is 36.4 Å². The first kappa shape index (κ1) is 31.4. The van der Waals surface area contributed by atoms with Crippen LogP contribution in [0, 0.1) is 6.92 Å². The van der Waals surface area contributed by atoms with Crippen LogP contribution in [0.1, 0.15) is 106 Å². The molecule has 2 aromatic carbocycles. The van der Waals surface area contributed by atoms with Gasteiger partial charge in [0, 0.05) is 5.56 Å². The van der Waals surface area contributed by atoms with Crippen LogP contribution in [-0.4, -0.2) is 22.2 Å². The number of alkyl halides is 2. The molecule has 0 atom stereocenters. The predicted molar refractivity (Wildman–Crippen MR) is 127 cm³/mol. The molecule has 2 aromatic rings. The van der Waals surface area contributed by atoms with E-state index in [1.54, 1.807) is 12.1 Å². The number of hydrogen-bond donors (Lipinski definition) is 2. The number of carbonyl (C=O) groups is 2. The van der Waals surface area contributed by atoms with Gasteiger partial charge in [0.2, 0.25) is 0 Å². The molecule has 0 spiro atoms. The molecule has 0 aliphatic heterocycles. The van der Waals surface area contributed by atoms with Gasteiger partial charge in [-0.2, -0.15) is 0 Å². The summed E-state index contributed by atoms with van der Waals surface area (Å²) in [6.07, 6.45) is -2.77. The molecule has 0 amide bonds. The highest BCUT2D eigenvalue weighted by Crippen LogP contribution is 2.30. The van der Waals surface area contributed by atoms with E-state index in [-0.39, 0.29) is 31.2 Å². The number of carboxylic acid groups (broad SMARTS) is 2. The van der Waals surface area contributed by atoms with Crippen LogP contribution >= 0.6 is 0 Å². The second-order valence-corrected chi connectivity index (χ2v) is 9.24. The highest BCUT2D eigenvalue weighted by molar-refractivity contribution is 5.90. The Labute approximate surface area is 191 Å². The predicted octanol–water partition coefficient (Wildman–Crippen LogP) is 7.88. The number of rotatable bonds is 3.